The molecule has 1 aromatic rings. The Bertz CT molecular complexity index is 818. The Balaban J connectivity index is 1.52. The van der Waals surface area contributed by atoms with Gasteiger partial charge < -0.3 is 9.80 Å². The SMILES string of the molecule is CC(C)(CCCN1CCCC(C(=O)N2CC=CCC2)C1)S(=O)(=O)c1ccccc1. The summed E-state index contributed by atoms with van der Waals surface area (Å²) >= 11 is 0. The minimum absolute atomic E-state index is 0.0799. The van der Waals surface area contributed by atoms with Gasteiger partial charge >= 0.3 is 0 Å². The van der Waals surface area contributed by atoms with E-state index in [1.54, 1.807) is 24.3 Å². The van der Waals surface area contributed by atoms with Crippen LogP contribution in [0.1, 0.15) is 46.0 Å². The van der Waals surface area contributed by atoms with Crippen molar-refractivity contribution in [2.45, 2.75) is 55.6 Å². The lowest BCUT2D eigenvalue weighted by atomic mass is 9.95. The van der Waals surface area contributed by atoms with E-state index in [9.17, 15) is 13.2 Å². The van der Waals surface area contributed by atoms with Crippen molar-refractivity contribution in [2.75, 3.05) is 32.7 Å². The van der Waals surface area contributed by atoms with Crippen molar-refractivity contribution in [3.63, 3.8) is 0 Å². The fourth-order valence-electron chi connectivity index (χ4n) is 4.34. The molecule has 5 nitrogen and oxygen atoms in total. The first-order chi connectivity index (χ1) is 13.8. The van der Waals surface area contributed by atoms with Gasteiger partial charge in [-0.05, 0) is 71.2 Å². The predicted octanol–water partition coefficient (Wildman–Crippen LogP) is 3.52. The first kappa shape index (κ1) is 22.0. The van der Waals surface area contributed by atoms with Gasteiger partial charge in [-0.15, -0.1) is 0 Å². The van der Waals surface area contributed by atoms with Gasteiger partial charge in [0, 0.05) is 19.6 Å². The van der Waals surface area contributed by atoms with E-state index in [1.165, 1.54) is 0 Å². The van der Waals surface area contributed by atoms with Gasteiger partial charge in [0.25, 0.3) is 0 Å². The zero-order valence-electron chi connectivity index (χ0n) is 17.7. The summed E-state index contributed by atoms with van der Waals surface area (Å²) in [5.41, 5.74) is 0. The van der Waals surface area contributed by atoms with E-state index >= 15 is 0 Å². The average Bonchev–Trinajstić information content (AvgIpc) is 2.74. The molecule has 2 aliphatic rings. The number of carbonyl (C=O) groups is 1. The minimum atomic E-state index is -3.37. The van der Waals surface area contributed by atoms with Gasteiger partial charge in [-0.25, -0.2) is 8.42 Å². The molecule has 6 heteroatoms. The fourth-order valence-corrected chi connectivity index (χ4v) is 5.91. The number of hydrogen-bond acceptors (Lipinski definition) is 4. The van der Waals surface area contributed by atoms with Crippen molar-refractivity contribution in [3.8, 4) is 0 Å². The van der Waals surface area contributed by atoms with E-state index in [1.807, 2.05) is 24.8 Å². The first-order valence-electron chi connectivity index (χ1n) is 10.8. The van der Waals surface area contributed by atoms with Crippen molar-refractivity contribution in [1.29, 1.82) is 0 Å². The number of rotatable bonds is 7. The second kappa shape index (κ2) is 9.43. The lowest BCUT2D eigenvalue weighted by molar-refractivity contribution is -0.137. The van der Waals surface area contributed by atoms with Crippen LogP contribution in [0.25, 0.3) is 0 Å². The molecule has 1 unspecified atom stereocenters. The molecule has 0 radical (unpaired) electrons. The molecular formula is C23H34N2O3S. The van der Waals surface area contributed by atoms with E-state index in [4.69, 9.17) is 0 Å². The van der Waals surface area contributed by atoms with Crippen LogP contribution in [-0.4, -0.2) is 61.6 Å². The molecule has 2 aliphatic heterocycles. The molecule has 29 heavy (non-hydrogen) atoms. The Morgan fingerprint density at radius 2 is 1.90 bits per heavy atom. The molecule has 1 saturated heterocycles. The van der Waals surface area contributed by atoms with Gasteiger partial charge in [0.2, 0.25) is 5.91 Å². The summed E-state index contributed by atoms with van der Waals surface area (Å²) < 4.78 is 25.2. The van der Waals surface area contributed by atoms with Gasteiger partial charge in [0.1, 0.15) is 0 Å². The molecule has 0 spiro atoms. The van der Waals surface area contributed by atoms with Gasteiger partial charge in [-0.3, -0.25) is 4.79 Å². The van der Waals surface area contributed by atoms with E-state index in [2.05, 4.69) is 17.1 Å². The lowest BCUT2D eigenvalue weighted by Gasteiger charge is -2.36. The third-order valence-electron chi connectivity index (χ3n) is 6.26. The van der Waals surface area contributed by atoms with E-state index in [-0.39, 0.29) is 11.8 Å². The molecule has 1 atom stereocenters. The molecule has 3 rings (SSSR count). The fraction of sp³-hybridized carbons (Fsp3) is 0.609. The zero-order chi connectivity index (χ0) is 20.9. The van der Waals surface area contributed by atoms with Crippen molar-refractivity contribution in [1.82, 2.24) is 9.80 Å². The maximum atomic E-state index is 13.0. The highest BCUT2D eigenvalue weighted by Crippen LogP contribution is 2.30. The summed E-state index contributed by atoms with van der Waals surface area (Å²) in [7, 11) is -3.37. The summed E-state index contributed by atoms with van der Waals surface area (Å²) in [5.74, 6) is 0.363. The molecule has 0 N–H and O–H groups in total. The van der Waals surface area contributed by atoms with Gasteiger partial charge in [-0.1, -0.05) is 30.4 Å². The number of hydrogen-bond donors (Lipinski definition) is 0. The second-order valence-electron chi connectivity index (χ2n) is 8.86. The van der Waals surface area contributed by atoms with Gasteiger partial charge in [0.15, 0.2) is 9.84 Å². The monoisotopic (exact) mass is 418 g/mol. The van der Waals surface area contributed by atoms with Crippen LogP contribution < -0.4 is 0 Å². The molecule has 1 fully saturated rings. The highest BCUT2D eigenvalue weighted by molar-refractivity contribution is 7.92. The number of nitrogens with zero attached hydrogens (tertiary/aromatic N) is 2. The van der Waals surface area contributed by atoms with E-state index in [0.29, 0.717) is 11.3 Å². The molecule has 1 aromatic carbocycles. The summed E-state index contributed by atoms with van der Waals surface area (Å²) in [5, 5.41) is 0. The van der Waals surface area contributed by atoms with E-state index in [0.717, 1.165) is 58.4 Å². The maximum absolute atomic E-state index is 13.0. The Kier molecular flexibility index (Phi) is 7.17. The maximum Gasteiger partial charge on any atom is 0.227 e. The van der Waals surface area contributed by atoms with Crippen molar-refractivity contribution in [3.05, 3.63) is 42.5 Å². The average molecular weight is 419 g/mol. The standard InChI is InChI=1S/C23H34N2O3S/c1-23(2,29(27,28)21-12-5-3-6-13-21)14-10-16-24-15-9-11-20(19-24)22(26)25-17-7-4-8-18-25/h3-7,12-13,20H,8-11,14-19H2,1-2H3. The van der Waals surface area contributed by atoms with Crippen molar-refractivity contribution in [2.24, 2.45) is 5.92 Å². The molecule has 0 saturated carbocycles. The number of amides is 1. The minimum Gasteiger partial charge on any atom is -0.338 e. The molecule has 0 aliphatic carbocycles. The number of carbonyl (C=O) groups excluding carboxylic acids is 1. The van der Waals surface area contributed by atoms with Crippen LogP contribution in [0.2, 0.25) is 0 Å². The summed E-state index contributed by atoms with van der Waals surface area (Å²) in [6, 6.07) is 8.72. The van der Waals surface area contributed by atoms with Crippen LogP contribution in [0.5, 0.6) is 0 Å². The molecule has 0 aromatic heterocycles. The largest absolute Gasteiger partial charge is 0.338 e. The molecule has 1 amide bonds. The Labute approximate surface area is 175 Å². The predicted molar refractivity (Wildman–Crippen MR) is 116 cm³/mol. The highest BCUT2D eigenvalue weighted by Gasteiger charge is 2.35. The summed E-state index contributed by atoms with van der Waals surface area (Å²) in [4.78, 5) is 17.5. The third kappa shape index (κ3) is 5.28. The van der Waals surface area contributed by atoms with Crippen molar-refractivity contribution >= 4 is 15.7 Å². The number of sulfone groups is 1. The Morgan fingerprint density at radius 3 is 2.59 bits per heavy atom. The lowest BCUT2D eigenvalue weighted by Crippen LogP contribution is -2.46. The molecule has 160 valence electrons. The van der Waals surface area contributed by atoms with Crippen LogP contribution in [0.15, 0.2) is 47.4 Å². The van der Waals surface area contributed by atoms with Crippen molar-refractivity contribution < 1.29 is 13.2 Å². The number of benzene rings is 1. The van der Waals surface area contributed by atoms with Crippen LogP contribution in [0.3, 0.4) is 0 Å². The number of likely N-dealkylation sites (tertiary alicyclic amines) is 1. The quantitative estimate of drug-likeness (QED) is 0.636. The van der Waals surface area contributed by atoms with Gasteiger partial charge in [0.05, 0.1) is 15.6 Å². The van der Waals surface area contributed by atoms with Crippen LogP contribution >= 0.6 is 0 Å². The van der Waals surface area contributed by atoms with E-state index < -0.39 is 14.6 Å². The zero-order valence-corrected chi connectivity index (χ0v) is 18.5. The summed E-state index contributed by atoms with van der Waals surface area (Å²) in [6.45, 7) is 7.85. The third-order valence-corrected chi connectivity index (χ3v) is 8.81. The second-order valence-corrected chi connectivity index (χ2v) is 11.4. The normalized spacial score (nSPS) is 21.3. The Morgan fingerprint density at radius 1 is 1.14 bits per heavy atom. The first-order valence-corrected chi connectivity index (χ1v) is 12.3. The smallest absolute Gasteiger partial charge is 0.227 e. The highest BCUT2D eigenvalue weighted by atomic mass is 32.2. The van der Waals surface area contributed by atoms with Crippen LogP contribution in [0.4, 0.5) is 0 Å². The van der Waals surface area contributed by atoms with Gasteiger partial charge in [-0.2, -0.15) is 0 Å². The molecular weight excluding hydrogens is 384 g/mol. The number of piperidine rings is 1. The Hall–Kier alpha value is -1.66. The van der Waals surface area contributed by atoms with Crippen LogP contribution in [0, 0.1) is 5.92 Å². The topological polar surface area (TPSA) is 57.7 Å². The van der Waals surface area contributed by atoms with Crippen LogP contribution in [-0.2, 0) is 14.6 Å². The summed E-state index contributed by atoms with van der Waals surface area (Å²) in [6.07, 6.45) is 8.59. The molecule has 0 bridgehead atoms. The molecule has 2 heterocycles.